The lowest BCUT2D eigenvalue weighted by atomic mass is 10.1. The first-order valence-corrected chi connectivity index (χ1v) is 10.9. The molecule has 11 heteroatoms. The SMILES string of the molecule is O=C(NC1CC1)N1CCc2ccc(=O)n(CCN3CCCC3)c2CC1.O=C(O)C(F)(F)F. The Hall–Kier alpha value is -2.56. The molecule has 32 heavy (non-hydrogen) atoms. The number of nitrogens with one attached hydrogen (secondary N) is 1. The summed E-state index contributed by atoms with van der Waals surface area (Å²) in [4.78, 5) is 38.0. The molecule has 1 aromatic rings. The van der Waals surface area contributed by atoms with Crippen LogP contribution in [0.5, 0.6) is 0 Å². The Labute approximate surface area is 184 Å². The maximum atomic E-state index is 12.4. The fourth-order valence-electron chi connectivity index (χ4n) is 3.99. The Balaban J connectivity index is 0.000000360. The van der Waals surface area contributed by atoms with Crippen LogP contribution in [-0.2, 0) is 24.2 Å². The highest BCUT2D eigenvalue weighted by molar-refractivity contribution is 5.75. The van der Waals surface area contributed by atoms with E-state index in [1.54, 1.807) is 6.07 Å². The van der Waals surface area contributed by atoms with Gasteiger partial charge in [-0.15, -0.1) is 0 Å². The summed E-state index contributed by atoms with van der Waals surface area (Å²) in [6, 6.07) is 4.10. The van der Waals surface area contributed by atoms with Crippen LogP contribution >= 0.6 is 0 Å². The minimum Gasteiger partial charge on any atom is -0.475 e. The number of alkyl halides is 3. The predicted octanol–water partition coefficient (Wildman–Crippen LogP) is 1.85. The summed E-state index contributed by atoms with van der Waals surface area (Å²) in [7, 11) is 0. The first-order chi connectivity index (χ1) is 15.1. The summed E-state index contributed by atoms with van der Waals surface area (Å²) in [6.07, 6.45) is 1.27. The van der Waals surface area contributed by atoms with Gasteiger partial charge in [0.05, 0.1) is 0 Å². The van der Waals surface area contributed by atoms with Crippen LogP contribution in [0.2, 0.25) is 0 Å². The van der Waals surface area contributed by atoms with Crippen molar-refractivity contribution >= 4 is 12.0 Å². The van der Waals surface area contributed by atoms with Gasteiger partial charge >= 0.3 is 18.2 Å². The predicted molar refractivity (Wildman–Crippen MR) is 111 cm³/mol. The van der Waals surface area contributed by atoms with Crippen molar-refractivity contribution in [2.24, 2.45) is 0 Å². The van der Waals surface area contributed by atoms with Gasteiger partial charge in [-0.2, -0.15) is 13.2 Å². The molecule has 2 fully saturated rings. The summed E-state index contributed by atoms with van der Waals surface area (Å²) >= 11 is 0. The smallest absolute Gasteiger partial charge is 0.475 e. The van der Waals surface area contributed by atoms with Crippen LogP contribution in [0, 0.1) is 0 Å². The Kier molecular flexibility index (Phi) is 7.81. The third-order valence-corrected chi connectivity index (χ3v) is 5.93. The van der Waals surface area contributed by atoms with Gasteiger partial charge in [0.15, 0.2) is 0 Å². The van der Waals surface area contributed by atoms with E-state index in [-0.39, 0.29) is 11.6 Å². The van der Waals surface area contributed by atoms with E-state index in [9.17, 15) is 22.8 Å². The molecule has 178 valence electrons. The monoisotopic (exact) mass is 458 g/mol. The second-order valence-electron chi connectivity index (χ2n) is 8.36. The molecule has 4 rings (SSSR count). The number of fused-ring (bicyclic) bond motifs is 1. The van der Waals surface area contributed by atoms with Gasteiger partial charge in [0.1, 0.15) is 0 Å². The number of carboxylic acids is 1. The highest BCUT2D eigenvalue weighted by Gasteiger charge is 2.38. The number of aromatic nitrogens is 1. The fraction of sp³-hybridized carbons (Fsp3) is 0.667. The standard InChI is InChI=1S/C19H28N4O2.C2HF3O2/c24-18-6-3-15-7-11-22(19(25)20-16-4-5-16)12-8-17(15)23(18)14-13-21-9-1-2-10-21;3-2(4,5)1(6)7/h3,6,16H,1-2,4-5,7-14H2,(H,20,25);(H,6,7). The Morgan fingerprint density at radius 3 is 2.25 bits per heavy atom. The van der Waals surface area contributed by atoms with Crippen LogP contribution < -0.4 is 10.9 Å². The molecule has 0 unspecified atom stereocenters. The number of aliphatic carboxylic acids is 1. The largest absolute Gasteiger partial charge is 0.490 e. The van der Waals surface area contributed by atoms with Crippen LogP contribution in [0.3, 0.4) is 0 Å². The van der Waals surface area contributed by atoms with Crippen LogP contribution in [-0.4, -0.2) is 76.4 Å². The Bertz CT molecular complexity index is 877. The zero-order chi connectivity index (χ0) is 23.3. The zero-order valence-corrected chi connectivity index (χ0v) is 17.9. The molecule has 1 aromatic heterocycles. The number of nitrogens with zero attached hydrogens (tertiary/aromatic N) is 3. The molecular weight excluding hydrogens is 429 g/mol. The minimum absolute atomic E-state index is 0.0567. The molecule has 3 aliphatic rings. The molecule has 1 aliphatic carbocycles. The second-order valence-corrected chi connectivity index (χ2v) is 8.36. The minimum atomic E-state index is -5.08. The van der Waals surface area contributed by atoms with E-state index >= 15 is 0 Å². The number of hydrogen-bond donors (Lipinski definition) is 2. The average Bonchev–Trinajstić information content (AvgIpc) is 3.44. The zero-order valence-electron chi connectivity index (χ0n) is 17.9. The van der Waals surface area contributed by atoms with Crippen molar-refractivity contribution in [3.63, 3.8) is 0 Å². The summed E-state index contributed by atoms with van der Waals surface area (Å²) in [5.41, 5.74) is 2.45. The molecule has 3 heterocycles. The number of amides is 2. The van der Waals surface area contributed by atoms with Crippen molar-refractivity contribution in [1.82, 2.24) is 19.7 Å². The maximum absolute atomic E-state index is 12.4. The highest BCUT2D eigenvalue weighted by Crippen LogP contribution is 2.20. The molecule has 0 aromatic carbocycles. The van der Waals surface area contributed by atoms with E-state index < -0.39 is 12.1 Å². The lowest BCUT2D eigenvalue weighted by Gasteiger charge is -2.21. The number of hydrogen-bond acceptors (Lipinski definition) is 4. The summed E-state index contributed by atoms with van der Waals surface area (Å²) < 4.78 is 33.7. The lowest BCUT2D eigenvalue weighted by Crippen LogP contribution is -2.42. The van der Waals surface area contributed by atoms with E-state index in [1.165, 1.54) is 18.4 Å². The van der Waals surface area contributed by atoms with Crippen molar-refractivity contribution in [3.8, 4) is 0 Å². The molecule has 2 amide bonds. The molecule has 8 nitrogen and oxygen atoms in total. The molecule has 0 atom stereocenters. The number of carbonyl (C=O) groups excluding carboxylic acids is 1. The van der Waals surface area contributed by atoms with E-state index in [0.29, 0.717) is 12.6 Å². The van der Waals surface area contributed by atoms with Crippen molar-refractivity contribution in [3.05, 3.63) is 33.7 Å². The van der Waals surface area contributed by atoms with Gasteiger partial charge in [-0.3, -0.25) is 4.79 Å². The van der Waals surface area contributed by atoms with Gasteiger partial charge in [0, 0.05) is 50.4 Å². The molecular formula is C21H29F3N4O4. The third-order valence-electron chi connectivity index (χ3n) is 5.93. The van der Waals surface area contributed by atoms with Gasteiger partial charge in [-0.05, 0) is 50.8 Å². The van der Waals surface area contributed by atoms with Crippen molar-refractivity contribution in [1.29, 1.82) is 0 Å². The molecule has 0 bridgehead atoms. The van der Waals surface area contributed by atoms with Gasteiger partial charge in [-0.1, -0.05) is 6.07 Å². The third kappa shape index (κ3) is 6.72. The highest BCUT2D eigenvalue weighted by atomic mass is 19.4. The van der Waals surface area contributed by atoms with Crippen molar-refractivity contribution in [2.45, 2.75) is 57.3 Å². The maximum Gasteiger partial charge on any atom is 0.490 e. The normalized spacial score (nSPS) is 18.9. The molecule has 1 saturated heterocycles. The van der Waals surface area contributed by atoms with Gasteiger partial charge < -0.3 is 24.8 Å². The summed E-state index contributed by atoms with van der Waals surface area (Å²) in [5.74, 6) is -2.76. The first kappa shape index (κ1) is 24.1. The van der Waals surface area contributed by atoms with Crippen LogP contribution in [0.15, 0.2) is 16.9 Å². The molecule has 0 radical (unpaired) electrons. The molecule has 2 aliphatic heterocycles. The van der Waals surface area contributed by atoms with Crippen LogP contribution in [0.1, 0.15) is 36.9 Å². The molecule has 1 saturated carbocycles. The Morgan fingerprint density at radius 1 is 1.03 bits per heavy atom. The van der Waals surface area contributed by atoms with Gasteiger partial charge in [0.25, 0.3) is 5.56 Å². The first-order valence-electron chi connectivity index (χ1n) is 10.9. The molecule has 0 spiro atoms. The summed E-state index contributed by atoms with van der Waals surface area (Å²) in [6.45, 7) is 5.44. The average molecular weight is 458 g/mol. The van der Waals surface area contributed by atoms with E-state index in [1.807, 2.05) is 15.5 Å². The lowest BCUT2D eigenvalue weighted by molar-refractivity contribution is -0.192. The van der Waals surface area contributed by atoms with E-state index in [4.69, 9.17) is 9.90 Å². The van der Waals surface area contributed by atoms with Crippen molar-refractivity contribution in [2.75, 3.05) is 32.7 Å². The van der Waals surface area contributed by atoms with Gasteiger partial charge in [-0.25, -0.2) is 9.59 Å². The van der Waals surface area contributed by atoms with E-state index in [0.717, 1.165) is 64.1 Å². The number of urea groups is 1. The number of halogens is 3. The number of pyridine rings is 1. The van der Waals surface area contributed by atoms with Crippen molar-refractivity contribution < 1.29 is 27.9 Å². The van der Waals surface area contributed by atoms with E-state index in [2.05, 4.69) is 10.2 Å². The fourth-order valence-corrected chi connectivity index (χ4v) is 3.99. The van der Waals surface area contributed by atoms with Crippen LogP contribution in [0.25, 0.3) is 0 Å². The number of rotatable bonds is 4. The second kappa shape index (κ2) is 10.4. The Morgan fingerprint density at radius 2 is 1.66 bits per heavy atom. The number of likely N-dealkylation sites (tertiary alicyclic amines) is 1. The van der Waals surface area contributed by atoms with Gasteiger partial charge in [0.2, 0.25) is 0 Å². The van der Waals surface area contributed by atoms with Crippen LogP contribution in [0.4, 0.5) is 18.0 Å². The topological polar surface area (TPSA) is 94.9 Å². The summed E-state index contributed by atoms with van der Waals surface area (Å²) in [5, 5.41) is 10.2. The number of carbonyl (C=O) groups is 2. The number of carboxylic acid groups (broad SMARTS) is 1. The molecule has 2 N–H and O–H groups in total. The quantitative estimate of drug-likeness (QED) is 0.718.